The molecule has 0 N–H and O–H groups in total. The van der Waals surface area contributed by atoms with E-state index in [2.05, 4.69) is 9.80 Å². The molecule has 3 aliphatic heterocycles. The molecule has 1 aromatic rings. The highest BCUT2D eigenvalue weighted by molar-refractivity contribution is 7.90. The molecular formula is C19H28N2O2S. The van der Waals surface area contributed by atoms with Crippen LogP contribution in [-0.4, -0.2) is 56.7 Å². The van der Waals surface area contributed by atoms with Gasteiger partial charge in [0.15, 0.2) is 9.84 Å². The van der Waals surface area contributed by atoms with Gasteiger partial charge in [0.2, 0.25) is 0 Å². The van der Waals surface area contributed by atoms with Gasteiger partial charge in [0.25, 0.3) is 0 Å². The second-order valence-corrected chi connectivity index (χ2v) is 10.0. The Morgan fingerprint density at radius 2 is 1.88 bits per heavy atom. The second kappa shape index (κ2) is 6.43. The van der Waals surface area contributed by atoms with Gasteiger partial charge in [-0.2, -0.15) is 0 Å². The van der Waals surface area contributed by atoms with Crippen LogP contribution in [0.4, 0.5) is 0 Å². The maximum absolute atomic E-state index is 11.6. The van der Waals surface area contributed by atoms with Crippen molar-refractivity contribution in [1.82, 2.24) is 9.80 Å². The Morgan fingerprint density at radius 1 is 1.08 bits per heavy atom. The number of rotatable bonds is 3. The number of nitrogens with zero attached hydrogens (tertiary/aromatic N) is 2. The largest absolute Gasteiger partial charge is 0.300 e. The van der Waals surface area contributed by atoms with Gasteiger partial charge in [-0.3, -0.25) is 9.80 Å². The van der Waals surface area contributed by atoms with Gasteiger partial charge >= 0.3 is 0 Å². The number of sulfone groups is 1. The summed E-state index contributed by atoms with van der Waals surface area (Å²) in [7, 11) is -3.10. The van der Waals surface area contributed by atoms with Crippen molar-refractivity contribution in [2.45, 2.75) is 43.2 Å². The van der Waals surface area contributed by atoms with Crippen LogP contribution in [0.2, 0.25) is 0 Å². The standard InChI is InChI=1S/C19H28N2O2S/c1-24(22,23)18-7-5-15(6-8-18)11-20-12-16-10-17(14-20)19-4-2-3-9-21(19)13-16/h5-8,16-17,19H,2-4,9-14H2,1H3/t16-,17+,19-/m0/s1. The van der Waals surface area contributed by atoms with E-state index >= 15 is 0 Å². The molecular weight excluding hydrogens is 320 g/mol. The van der Waals surface area contributed by atoms with Crippen molar-refractivity contribution in [2.75, 3.05) is 32.4 Å². The van der Waals surface area contributed by atoms with E-state index in [9.17, 15) is 8.42 Å². The summed E-state index contributed by atoms with van der Waals surface area (Å²) in [5.41, 5.74) is 1.22. The summed E-state index contributed by atoms with van der Waals surface area (Å²) in [6.07, 6.45) is 6.84. The van der Waals surface area contributed by atoms with Crippen molar-refractivity contribution in [3.8, 4) is 0 Å². The molecule has 3 atom stereocenters. The molecule has 3 saturated heterocycles. The molecule has 3 fully saturated rings. The van der Waals surface area contributed by atoms with Gasteiger partial charge < -0.3 is 0 Å². The third-order valence-electron chi connectivity index (χ3n) is 6.10. The fraction of sp³-hybridized carbons (Fsp3) is 0.684. The number of piperidine rings is 3. The number of fused-ring (bicyclic) bond motifs is 4. The van der Waals surface area contributed by atoms with E-state index in [-0.39, 0.29) is 0 Å². The number of hydrogen-bond acceptors (Lipinski definition) is 4. The highest BCUT2D eigenvalue weighted by atomic mass is 32.2. The lowest BCUT2D eigenvalue weighted by molar-refractivity contribution is -0.0325. The minimum absolute atomic E-state index is 0.416. The average Bonchev–Trinajstić information content (AvgIpc) is 2.54. The van der Waals surface area contributed by atoms with Crippen LogP contribution < -0.4 is 0 Å². The fourth-order valence-electron chi connectivity index (χ4n) is 5.10. The van der Waals surface area contributed by atoms with Crippen LogP contribution in [0.1, 0.15) is 31.2 Å². The van der Waals surface area contributed by atoms with E-state index in [1.807, 2.05) is 12.1 Å². The summed E-state index contributed by atoms with van der Waals surface area (Å²) in [5, 5.41) is 0. The SMILES string of the molecule is CS(=O)(=O)c1ccc(CN2C[C@@H]3C[C@H](C2)[C@@H]2CCCCN2C3)cc1. The Morgan fingerprint density at radius 3 is 2.62 bits per heavy atom. The fourth-order valence-corrected chi connectivity index (χ4v) is 5.73. The first kappa shape index (κ1) is 16.6. The van der Waals surface area contributed by atoms with E-state index in [0.717, 1.165) is 24.4 Å². The van der Waals surface area contributed by atoms with Crippen LogP contribution in [0.25, 0.3) is 0 Å². The Labute approximate surface area is 145 Å². The van der Waals surface area contributed by atoms with E-state index in [1.54, 1.807) is 12.1 Å². The second-order valence-electron chi connectivity index (χ2n) is 8.03. The highest BCUT2D eigenvalue weighted by Gasteiger charge is 2.41. The van der Waals surface area contributed by atoms with Crippen molar-refractivity contribution in [3.05, 3.63) is 29.8 Å². The smallest absolute Gasteiger partial charge is 0.175 e. The van der Waals surface area contributed by atoms with Gasteiger partial charge in [-0.05, 0) is 55.3 Å². The van der Waals surface area contributed by atoms with E-state index < -0.39 is 9.84 Å². The third-order valence-corrected chi connectivity index (χ3v) is 7.23. The molecule has 4 nitrogen and oxygen atoms in total. The van der Waals surface area contributed by atoms with Crippen LogP contribution in [0.15, 0.2) is 29.2 Å². The predicted molar refractivity (Wildman–Crippen MR) is 95.6 cm³/mol. The zero-order chi connectivity index (χ0) is 16.7. The first-order chi connectivity index (χ1) is 11.5. The molecule has 0 saturated carbocycles. The Bertz CT molecular complexity index is 686. The first-order valence-corrected chi connectivity index (χ1v) is 11.1. The van der Waals surface area contributed by atoms with E-state index in [1.165, 1.54) is 63.7 Å². The van der Waals surface area contributed by atoms with Crippen molar-refractivity contribution < 1.29 is 8.42 Å². The summed E-state index contributed by atoms with van der Waals surface area (Å²) in [5.74, 6) is 1.64. The molecule has 3 aliphatic rings. The third kappa shape index (κ3) is 3.39. The number of likely N-dealkylation sites (tertiary alicyclic amines) is 1. The zero-order valence-electron chi connectivity index (χ0n) is 14.5. The lowest BCUT2D eigenvalue weighted by Gasteiger charge is -2.52. The van der Waals surface area contributed by atoms with Crippen LogP contribution in [0.5, 0.6) is 0 Å². The minimum Gasteiger partial charge on any atom is -0.300 e. The molecule has 24 heavy (non-hydrogen) atoms. The molecule has 0 aromatic heterocycles. The lowest BCUT2D eigenvalue weighted by Crippen LogP contribution is -2.58. The maximum atomic E-state index is 11.6. The topological polar surface area (TPSA) is 40.6 Å². The quantitative estimate of drug-likeness (QED) is 0.841. The molecule has 3 heterocycles. The van der Waals surface area contributed by atoms with E-state index in [4.69, 9.17) is 0 Å². The molecule has 0 unspecified atom stereocenters. The molecule has 0 amide bonds. The van der Waals surface area contributed by atoms with Gasteiger partial charge in [0.1, 0.15) is 0 Å². The number of benzene rings is 1. The van der Waals surface area contributed by atoms with Gasteiger partial charge in [-0.15, -0.1) is 0 Å². The zero-order valence-corrected chi connectivity index (χ0v) is 15.3. The molecule has 0 spiro atoms. The highest BCUT2D eigenvalue weighted by Crippen LogP contribution is 2.37. The van der Waals surface area contributed by atoms with Crippen LogP contribution >= 0.6 is 0 Å². The molecule has 2 bridgehead atoms. The maximum Gasteiger partial charge on any atom is 0.175 e. The van der Waals surface area contributed by atoms with Crippen molar-refractivity contribution >= 4 is 9.84 Å². The normalized spacial score (nSPS) is 31.6. The van der Waals surface area contributed by atoms with Gasteiger partial charge in [-0.1, -0.05) is 18.6 Å². The van der Waals surface area contributed by atoms with Crippen molar-refractivity contribution in [2.24, 2.45) is 11.8 Å². The van der Waals surface area contributed by atoms with Crippen LogP contribution in [0.3, 0.4) is 0 Å². The van der Waals surface area contributed by atoms with Crippen molar-refractivity contribution in [3.63, 3.8) is 0 Å². The summed E-state index contributed by atoms with van der Waals surface area (Å²) >= 11 is 0. The molecule has 0 aliphatic carbocycles. The van der Waals surface area contributed by atoms with Crippen molar-refractivity contribution in [1.29, 1.82) is 0 Å². The lowest BCUT2D eigenvalue weighted by atomic mass is 9.76. The number of hydrogen-bond donors (Lipinski definition) is 0. The Balaban J connectivity index is 1.43. The van der Waals surface area contributed by atoms with Gasteiger partial charge in [0, 0.05) is 38.5 Å². The summed E-state index contributed by atoms with van der Waals surface area (Å²) < 4.78 is 23.2. The van der Waals surface area contributed by atoms with Gasteiger partial charge in [0.05, 0.1) is 4.90 Å². The molecule has 132 valence electrons. The summed E-state index contributed by atoms with van der Waals surface area (Å²) in [6, 6.07) is 8.27. The molecule has 5 heteroatoms. The monoisotopic (exact) mass is 348 g/mol. The summed E-state index contributed by atoms with van der Waals surface area (Å²) in [6.45, 7) is 5.93. The van der Waals surface area contributed by atoms with E-state index in [0.29, 0.717) is 4.90 Å². The Kier molecular flexibility index (Phi) is 4.43. The van der Waals surface area contributed by atoms with Crippen LogP contribution in [-0.2, 0) is 16.4 Å². The Hall–Kier alpha value is -0.910. The summed E-state index contributed by atoms with van der Waals surface area (Å²) in [4.78, 5) is 5.78. The molecule has 4 rings (SSSR count). The minimum atomic E-state index is -3.10. The van der Waals surface area contributed by atoms with Gasteiger partial charge in [-0.25, -0.2) is 8.42 Å². The van der Waals surface area contributed by atoms with Crippen LogP contribution in [0, 0.1) is 11.8 Å². The first-order valence-electron chi connectivity index (χ1n) is 9.24. The predicted octanol–water partition coefficient (Wildman–Crippen LogP) is 2.40. The average molecular weight is 349 g/mol. The molecule has 0 radical (unpaired) electrons. The molecule has 1 aromatic carbocycles.